The fourth-order valence-corrected chi connectivity index (χ4v) is 7.39. The summed E-state index contributed by atoms with van der Waals surface area (Å²) in [5.74, 6) is 2.38. The van der Waals surface area contributed by atoms with Crippen LogP contribution in [0.5, 0.6) is 0 Å². The van der Waals surface area contributed by atoms with E-state index in [0.717, 1.165) is 16.7 Å². The van der Waals surface area contributed by atoms with Crippen LogP contribution in [0, 0.1) is 23.7 Å². The average molecular weight is 411 g/mol. The van der Waals surface area contributed by atoms with E-state index in [0.29, 0.717) is 35.6 Å². The number of halogens is 1. The molecule has 4 saturated carbocycles. The van der Waals surface area contributed by atoms with Crippen LogP contribution in [0.1, 0.15) is 45.4 Å². The molecule has 2 atom stereocenters. The van der Waals surface area contributed by atoms with Crippen LogP contribution >= 0.6 is 11.6 Å². The molecule has 6 heteroatoms. The third-order valence-corrected chi connectivity index (χ3v) is 9.04. The van der Waals surface area contributed by atoms with Gasteiger partial charge < -0.3 is 4.74 Å². The number of hydrogen-bond acceptors (Lipinski definition) is 4. The fraction of sp³-hybridized carbons (Fsp3) is 0.714. The quantitative estimate of drug-likeness (QED) is 0.676. The van der Waals surface area contributed by atoms with E-state index in [1.807, 2.05) is 19.1 Å². The molecule has 0 N–H and O–H groups in total. The Bertz CT molecular complexity index is 708. The first-order valence-corrected chi connectivity index (χ1v) is 11.8. The molecule has 1 heterocycles. The highest BCUT2D eigenvalue weighted by Gasteiger charge is 2.61. The Hall–Kier alpha value is -0.460. The zero-order valence-electron chi connectivity index (χ0n) is 15.7. The average Bonchev–Trinajstić information content (AvgIpc) is 2.80. The summed E-state index contributed by atoms with van der Waals surface area (Å²) >= 11 is 5.94. The third-order valence-electron chi connectivity index (χ3n) is 7.12. The van der Waals surface area contributed by atoms with Crippen molar-refractivity contribution < 1.29 is 18.7 Å². The van der Waals surface area contributed by atoms with Crippen molar-refractivity contribution in [2.24, 2.45) is 23.7 Å². The van der Waals surface area contributed by atoms with E-state index >= 15 is 0 Å². The molecule has 1 spiro atoms. The second kappa shape index (κ2) is 6.81. The lowest BCUT2D eigenvalue weighted by Gasteiger charge is -2.58. The van der Waals surface area contributed by atoms with Gasteiger partial charge in [-0.05, 0) is 75.1 Å². The summed E-state index contributed by atoms with van der Waals surface area (Å²) in [5.41, 5.74) is -0.622. The van der Waals surface area contributed by atoms with Gasteiger partial charge in [0.25, 0.3) is 0 Å². The lowest BCUT2D eigenvalue weighted by molar-refractivity contribution is -0.484. The van der Waals surface area contributed by atoms with Crippen LogP contribution in [0.15, 0.2) is 29.2 Å². The first kappa shape index (κ1) is 18.6. The molecule has 2 unspecified atom stereocenters. The molecule has 27 heavy (non-hydrogen) atoms. The molecule has 4 bridgehead atoms. The Labute approximate surface area is 168 Å². The van der Waals surface area contributed by atoms with Gasteiger partial charge in [0, 0.05) is 28.2 Å². The maximum atomic E-state index is 12.8. The van der Waals surface area contributed by atoms with Crippen LogP contribution in [0.4, 0.5) is 0 Å². The van der Waals surface area contributed by atoms with E-state index in [2.05, 4.69) is 0 Å². The first-order chi connectivity index (χ1) is 13.0. The summed E-state index contributed by atoms with van der Waals surface area (Å²) in [6.07, 6.45) is 6.86. The number of rotatable bonds is 3. The van der Waals surface area contributed by atoms with Crippen molar-refractivity contribution in [2.75, 3.05) is 12.4 Å². The van der Waals surface area contributed by atoms with E-state index < -0.39 is 22.2 Å². The van der Waals surface area contributed by atoms with Crippen LogP contribution in [0.25, 0.3) is 0 Å². The second-order valence-electron chi connectivity index (χ2n) is 9.18. The SMILES string of the molecule is CC1(CS(=O)c2ccc(Cl)cc2)CCOC2(OO1)C1CC3CC(C1)CC2C3. The zero-order chi connectivity index (χ0) is 18.6. The van der Waals surface area contributed by atoms with Crippen molar-refractivity contribution in [3.63, 3.8) is 0 Å². The Morgan fingerprint density at radius 2 is 1.67 bits per heavy atom. The minimum Gasteiger partial charge on any atom is -0.347 e. The molecular weight excluding hydrogens is 384 g/mol. The predicted molar refractivity (Wildman–Crippen MR) is 104 cm³/mol. The van der Waals surface area contributed by atoms with Crippen molar-refractivity contribution in [3.8, 4) is 0 Å². The summed E-state index contributed by atoms with van der Waals surface area (Å²) in [5, 5.41) is 0.647. The highest BCUT2D eigenvalue weighted by atomic mass is 35.5. The van der Waals surface area contributed by atoms with Gasteiger partial charge in [-0.15, -0.1) is 0 Å². The largest absolute Gasteiger partial charge is 0.347 e. The van der Waals surface area contributed by atoms with Crippen molar-refractivity contribution in [3.05, 3.63) is 29.3 Å². The number of hydrogen-bond donors (Lipinski definition) is 0. The summed E-state index contributed by atoms with van der Waals surface area (Å²) < 4.78 is 19.2. The fourth-order valence-electron chi connectivity index (χ4n) is 5.91. The highest BCUT2D eigenvalue weighted by molar-refractivity contribution is 7.85. The Morgan fingerprint density at radius 3 is 2.30 bits per heavy atom. The first-order valence-electron chi connectivity index (χ1n) is 10.1. The summed E-state index contributed by atoms with van der Waals surface area (Å²) in [7, 11) is -1.18. The molecule has 4 nitrogen and oxygen atoms in total. The molecule has 0 amide bonds. The van der Waals surface area contributed by atoms with Gasteiger partial charge in [-0.25, -0.2) is 4.89 Å². The van der Waals surface area contributed by atoms with Crippen LogP contribution in [0.3, 0.4) is 0 Å². The second-order valence-corrected chi connectivity index (χ2v) is 11.1. The van der Waals surface area contributed by atoms with Gasteiger partial charge in [-0.3, -0.25) is 4.21 Å². The van der Waals surface area contributed by atoms with Gasteiger partial charge >= 0.3 is 0 Å². The van der Waals surface area contributed by atoms with Gasteiger partial charge in [0.05, 0.1) is 23.2 Å². The van der Waals surface area contributed by atoms with Crippen LogP contribution < -0.4 is 0 Å². The molecule has 1 aliphatic heterocycles. The molecule has 1 saturated heterocycles. The minimum atomic E-state index is -1.18. The van der Waals surface area contributed by atoms with Crippen molar-refractivity contribution in [2.45, 2.75) is 61.7 Å². The normalized spacial score (nSPS) is 44.4. The van der Waals surface area contributed by atoms with E-state index in [4.69, 9.17) is 26.1 Å². The van der Waals surface area contributed by atoms with E-state index in [1.54, 1.807) is 12.1 Å². The smallest absolute Gasteiger partial charge is 0.207 e. The molecule has 4 aliphatic carbocycles. The van der Waals surface area contributed by atoms with Gasteiger partial charge in [-0.2, -0.15) is 4.89 Å². The van der Waals surface area contributed by atoms with Gasteiger partial charge in [0.1, 0.15) is 5.60 Å². The Kier molecular flexibility index (Phi) is 4.68. The summed E-state index contributed by atoms with van der Waals surface area (Å²) in [6.45, 7) is 2.58. The van der Waals surface area contributed by atoms with Crippen LogP contribution in [-0.2, 0) is 25.3 Å². The van der Waals surface area contributed by atoms with E-state index in [9.17, 15) is 4.21 Å². The molecule has 0 radical (unpaired) electrons. The maximum Gasteiger partial charge on any atom is 0.207 e. The lowest BCUT2D eigenvalue weighted by Crippen LogP contribution is -2.60. The van der Waals surface area contributed by atoms with Gasteiger partial charge in [0.2, 0.25) is 5.79 Å². The Morgan fingerprint density at radius 1 is 1.04 bits per heavy atom. The molecule has 0 aromatic heterocycles. The molecule has 1 aromatic carbocycles. The third kappa shape index (κ3) is 3.29. The van der Waals surface area contributed by atoms with E-state index in [-0.39, 0.29) is 0 Å². The number of ether oxygens (including phenoxy) is 1. The molecule has 5 fully saturated rings. The van der Waals surface area contributed by atoms with Crippen LogP contribution in [-0.4, -0.2) is 28.0 Å². The molecule has 148 valence electrons. The zero-order valence-corrected chi connectivity index (χ0v) is 17.3. The molecule has 5 aliphatic rings. The van der Waals surface area contributed by atoms with Crippen molar-refractivity contribution in [1.29, 1.82) is 0 Å². The minimum absolute atomic E-state index is 0.384. The van der Waals surface area contributed by atoms with E-state index in [1.165, 1.54) is 32.1 Å². The topological polar surface area (TPSA) is 44.8 Å². The maximum absolute atomic E-state index is 12.8. The highest BCUT2D eigenvalue weighted by Crippen LogP contribution is 2.60. The Balaban J connectivity index is 1.31. The molecule has 6 rings (SSSR count). The monoisotopic (exact) mass is 410 g/mol. The van der Waals surface area contributed by atoms with Crippen molar-refractivity contribution in [1.82, 2.24) is 0 Å². The van der Waals surface area contributed by atoms with Gasteiger partial charge in [-0.1, -0.05) is 11.6 Å². The predicted octanol–water partition coefficient (Wildman–Crippen LogP) is 4.73. The molecular formula is C21H27ClO4S. The summed E-state index contributed by atoms with van der Waals surface area (Å²) in [4.78, 5) is 13.0. The molecule has 1 aromatic rings. The summed E-state index contributed by atoms with van der Waals surface area (Å²) in [6, 6.07) is 7.17. The lowest BCUT2D eigenvalue weighted by atomic mass is 9.53. The van der Waals surface area contributed by atoms with Crippen LogP contribution in [0.2, 0.25) is 5.02 Å². The van der Waals surface area contributed by atoms with Gasteiger partial charge in [0.15, 0.2) is 0 Å². The standard InChI is InChI=1S/C21H27ClO4S/c1-20(13-27(23)19-4-2-18(22)3-5-19)6-7-24-21(26-25-20)16-9-14-8-15(11-16)12-17(21)10-14/h2-5,14-17H,6-13H2,1H3. The van der Waals surface area contributed by atoms with Crippen molar-refractivity contribution >= 4 is 22.4 Å². The number of benzene rings is 1.